The topological polar surface area (TPSA) is 110 Å². The first-order valence-corrected chi connectivity index (χ1v) is 5.92. The smallest absolute Gasteiger partial charge is 0.309 e. The number of anilines is 1. The van der Waals surface area contributed by atoms with Crippen molar-refractivity contribution in [1.82, 2.24) is 0 Å². The van der Waals surface area contributed by atoms with E-state index in [-0.39, 0.29) is 12.1 Å². The number of benzene rings is 1. The largest absolute Gasteiger partial charge is 0.481 e. The van der Waals surface area contributed by atoms with Gasteiger partial charge in [-0.1, -0.05) is 6.07 Å². The molecule has 0 atom stereocenters. The van der Waals surface area contributed by atoms with Crippen molar-refractivity contribution in [3.63, 3.8) is 0 Å². The number of nitro groups is 1. The first-order valence-electron chi connectivity index (χ1n) is 5.92. The van der Waals surface area contributed by atoms with E-state index < -0.39 is 22.2 Å². The van der Waals surface area contributed by atoms with Gasteiger partial charge in [-0.2, -0.15) is 0 Å². The van der Waals surface area contributed by atoms with Gasteiger partial charge in [-0.3, -0.25) is 19.7 Å². The second-order valence-corrected chi connectivity index (χ2v) is 5.12. The van der Waals surface area contributed by atoms with E-state index in [0.717, 1.165) is 0 Å². The molecule has 1 rings (SSSR count). The summed E-state index contributed by atoms with van der Waals surface area (Å²) in [6.07, 6.45) is -0.218. The first-order chi connectivity index (χ1) is 9.15. The van der Waals surface area contributed by atoms with E-state index in [1.54, 1.807) is 0 Å². The summed E-state index contributed by atoms with van der Waals surface area (Å²) < 4.78 is 0. The summed E-state index contributed by atoms with van der Waals surface area (Å²) in [4.78, 5) is 33.0. The number of hydrogen-bond donors (Lipinski definition) is 2. The zero-order valence-corrected chi connectivity index (χ0v) is 11.5. The molecule has 0 saturated heterocycles. The van der Waals surface area contributed by atoms with Crippen LogP contribution in [0.3, 0.4) is 0 Å². The highest BCUT2D eigenvalue weighted by Crippen LogP contribution is 2.26. The molecule has 0 fully saturated rings. The zero-order valence-electron chi connectivity index (χ0n) is 11.5. The van der Waals surface area contributed by atoms with Gasteiger partial charge in [-0.05, 0) is 26.8 Å². The van der Waals surface area contributed by atoms with Crippen LogP contribution >= 0.6 is 0 Å². The number of nitrogens with zero attached hydrogens (tertiary/aromatic N) is 1. The van der Waals surface area contributed by atoms with E-state index in [9.17, 15) is 19.7 Å². The molecule has 0 radical (unpaired) electrons. The van der Waals surface area contributed by atoms with E-state index >= 15 is 0 Å². The van der Waals surface area contributed by atoms with E-state index in [1.165, 1.54) is 39.0 Å². The van der Waals surface area contributed by atoms with Crippen LogP contribution in [0.4, 0.5) is 11.4 Å². The van der Waals surface area contributed by atoms with Crippen LogP contribution in [0.15, 0.2) is 18.2 Å². The predicted molar refractivity (Wildman–Crippen MR) is 72.5 cm³/mol. The molecule has 0 bridgehead atoms. The molecule has 0 aromatic heterocycles. The van der Waals surface area contributed by atoms with Crippen molar-refractivity contribution >= 4 is 23.3 Å². The van der Waals surface area contributed by atoms with Gasteiger partial charge in [0.05, 0.1) is 21.6 Å². The molecule has 0 aliphatic heterocycles. The van der Waals surface area contributed by atoms with Gasteiger partial charge in [0, 0.05) is 12.5 Å². The van der Waals surface area contributed by atoms with Crippen molar-refractivity contribution < 1.29 is 19.6 Å². The summed E-state index contributed by atoms with van der Waals surface area (Å²) >= 11 is 0. The SMILES string of the molecule is Cc1c(NC(=O)CC(C)(C)C(=O)O)cccc1[N+](=O)[O-]. The summed E-state index contributed by atoms with van der Waals surface area (Å²) in [5.74, 6) is -1.58. The fourth-order valence-corrected chi connectivity index (χ4v) is 1.63. The normalized spacial score (nSPS) is 10.9. The van der Waals surface area contributed by atoms with Crippen LogP contribution in [-0.4, -0.2) is 21.9 Å². The lowest BCUT2D eigenvalue weighted by atomic mass is 9.89. The average molecular weight is 280 g/mol. The molecule has 0 aliphatic carbocycles. The zero-order chi connectivity index (χ0) is 15.5. The predicted octanol–water partition coefficient (Wildman–Crippen LogP) is 2.34. The third kappa shape index (κ3) is 3.53. The van der Waals surface area contributed by atoms with Gasteiger partial charge in [0.1, 0.15) is 0 Å². The Labute approximate surface area is 115 Å². The Morgan fingerprint density at radius 1 is 1.40 bits per heavy atom. The van der Waals surface area contributed by atoms with Gasteiger partial charge in [0.25, 0.3) is 5.69 Å². The number of aliphatic carboxylic acids is 1. The summed E-state index contributed by atoms with van der Waals surface area (Å²) in [6, 6.07) is 4.34. The molecule has 7 nitrogen and oxygen atoms in total. The molecule has 0 unspecified atom stereocenters. The molecule has 7 heteroatoms. The molecule has 1 amide bonds. The molecule has 108 valence electrons. The Morgan fingerprint density at radius 3 is 2.50 bits per heavy atom. The van der Waals surface area contributed by atoms with Crippen molar-refractivity contribution in [2.45, 2.75) is 27.2 Å². The number of carbonyl (C=O) groups is 2. The minimum Gasteiger partial charge on any atom is -0.481 e. The Hall–Kier alpha value is -2.44. The highest BCUT2D eigenvalue weighted by molar-refractivity contribution is 5.95. The minimum absolute atomic E-state index is 0.0969. The second-order valence-electron chi connectivity index (χ2n) is 5.12. The maximum atomic E-state index is 11.8. The molecule has 0 saturated carbocycles. The van der Waals surface area contributed by atoms with Gasteiger partial charge in [-0.25, -0.2) is 0 Å². The van der Waals surface area contributed by atoms with E-state index in [0.29, 0.717) is 11.3 Å². The lowest BCUT2D eigenvalue weighted by molar-refractivity contribution is -0.385. The van der Waals surface area contributed by atoms with Crippen molar-refractivity contribution in [3.8, 4) is 0 Å². The van der Waals surface area contributed by atoms with E-state index in [1.807, 2.05) is 0 Å². The number of hydrogen-bond acceptors (Lipinski definition) is 4. The number of carbonyl (C=O) groups excluding carboxylic acids is 1. The van der Waals surface area contributed by atoms with Crippen LogP contribution in [0.2, 0.25) is 0 Å². The van der Waals surface area contributed by atoms with Crippen molar-refractivity contribution in [1.29, 1.82) is 0 Å². The molecule has 2 N–H and O–H groups in total. The van der Waals surface area contributed by atoms with Crippen LogP contribution < -0.4 is 5.32 Å². The standard InChI is InChI=1S/C13H16N2O5/c1-8-9(5-4-6-10(8)15(19)20)14-11(16)7-13(2,3)12(17)18/h4-6H,7H2,1-3H3,(H,14,16)(H,17,18). The van der Waals surface area contributed by atoms with Crippen LogP contribution in [0.5, 0.6) is 0 Å². The third-order valence-corrected chi connectivity index (χ3v) is 2.96. The highest BCUT2D eigenvalue weighted by Gasteiger charge is 2.30. The van der Waals surface area contributed by atoms with E-state index in [2.05, 4.69) is 5.32 Å². The van der Waals surface area contributed by atoms with Crippen LogP contribution in [-0.2, 0) is 9.59 Å². The monoisotopic (exact) mass is 280 g/mol. The number of carboxylic acid groups (broad SMARTS) is 1. The van der Waals surface area contributed by atoms with Gasteiger partial charge in [0.2, 0.25) is 5.91 Å². The Balaban J connectivity index is 2.90. The summed E-state index contributed by atoms with van der Waals surface area (Å²) in [5, 5.41) is 22.3. The average Bonchev–Trinajstić information content (AvgIpc) is 2.30. The summed E-state index contributed by atoms with van der Waals surface area (Å²) in [5.41, 5.74) is -0.650. The molecular weight excluding hydrogens is 264 g/mol. The van der Waals surface area contributed by atoms with Gasteiger partial charge in [0.15, 0.2) is 0 Å². The van der Waals surface area contributed by atoms with Gasteiger partial charge >= 0.3 is 5.97 Å². The lowest BCUT2D eigenvalue weighted by Crippen LogP contribution is -2.29. The van der Waals surface area contributed by atoms with Crippen LogP contribution in [0.25, 0.3) is 0 Å². The maximum Gasteiger partial charge on any atom is 0.309 e. The number of carboxylic acids is 1. The van der Waals surface area contributed by atoms with Gasteiger partial charge in [-0.15, -0.1) is 0 Å². The third-order valence-electron chi connectivity index (χ3n) is 2.96. The number of amides is 1. The Kier molecular flexibility index (Phi) is 4.44. The van der Waals surface area contributed by atoms with Crippen molar-refractivity contribution in [2.24, 2.45) is 5.41 Å². The maximum absolute atomic E-state index is 11.8. The van der Waals surface area contributed by atoms with Crippen molar-refractivity contribution in [2.75, 3.05) is 5.32 Å². The molecular formula is C13H16N2O5. The summed E-state index contributed by atoms with van der Waals surface area (Å²) in [7, 11) is 0. The lowest BCUT2D eigenvalue weighted by Gasteiger charge is -2.18. The molecule has 20 heavy (non-hydrogen) atoms. The number of nitro benzene ring substituents is 1. The first kappa shape index (κ1) is 15.6. The van der Waals surface area contributed by atoms with Crippen molar-refractivity contribution in [3.05, 3.63) is 33.9 Å². The summed E-state index contributed by atoms with van der Waals surface area (Å²) in [6.45, 7) is 4.40. The van der Waals surface area contributed by atoms with Crippen LogP contribution in [0.1, 0.15) is 25.8 Å². The minimum atomic E-state index is -1.20. The number of nitrogens with one attached hydrogen (secondary N) is 1. The quantitative estimate of drug-likeness (QED) is 0.635. The fraction of sp³-hybridized carbons (Fsp3) is 0.385. The van der Waals surface area contributed by atoms with Gasteiger partial charge < -0.3 is 10.4 Å². The fourth-order valence-electron chi connectivity index (χ4n) is 1.63. The molecule has 0 aliphatic rings. The Morgan fingerprint density at radius 2 is 2.00 bits per heavy atom. The molecule has 0 heterocycles. The Bertz CT molecular complexity index is 566. The number of rotatable bonds is 5. The molecule has 1 aromatic carbocycles. The highest BCUT2D eigenvalue weighted by atomic mass is 16.6. The molecule has 0 spiro atoms. The molecule has 1 aromatic rings. The second kappa shape index (κ2) is 5.68. The van der Waals surface area contributed by atoms with Crippen LogP contribution in [0, 0.1) is 22.5 Å². The van der Waals surface area contributed by atoms with E-state index in [4.69, 9.17) is 5.11 Å².